The number of carbonyl (C=O) groups excluding carboxylic acids is 2. The third-order valence-corrected chi connectivity index (χ3v) is 5.98. The first kappa shape index (κ1) is 25.2. The SMILES string of the molecule is Cl.O=C(Nc1ccc(C2=NCCN2)cc1)c1ccc(Cl)c(C(=O)Nc2ccc(C3=NCCN3)cc2)c1. The van der Waals surface area contributed by atoms with Crippen LogP contribution in [0.25, 0.3) is 0 Å². The summed E-state index contributed by atoms with van der Waals surface area (Å²) in [7, 11) is 0. The van der Waals surface area contributed by atoms with Gasteiger partial charge in [-0.3, -0.25) is 19.6 Å². The molecule has 0 spiro atoms. The number of nitrogens with zero attached hydrogens (tertiary/aromatic N) is 2. The molecule has 8 nitrogen and oxygen atoms in total. The molecule has 0 saturated carbocycles. The number of benzene rings is 3. The van der Waals surface area contributed by atoms with E-state index in [2.05, 4.69) is 31.3 Å². The Balaban J connectivity index is 0.00000304. The van der Waals surface area contributed by atoms with Crippen LogP contribution < -0.4 is 21.3 Å². The van der Waals surface area contributed by atoms with Crippen molar-refractivity contribution in [3.05, 3.63) is 94.0 Å². The molecule has 3 aromatic rings. The van der Waals surface area contributed by atoms with Gasteiger partial charge >= 0.3 is 0 Å². The minimum absolute atomic E-state index is 0. The molecule has 0 bridgehead atoms. The third-order valence-electron chi connectivity index (χ3n) is 5.65. The molecule has 0 aliphatic carbocycles. The van der Waals surface area contributed by atoms with E-state index in [4.69, 9.17) is 11.6 Å². The molecule has 2 aliphatic heterocycles. The molecule has 2 heterocycles. The van der Waals surface area contributed by atoms with Crippen LogP contribution in [0.4, 0.5) is 11.4 Å². The van der Waals surface area contributed by atoms with Gasteiger partial charge in [0.05, 0.1) is 23.7 Å². The van der Waals surface area contributed by atoms with Gasteiger partial charge in [0.15, 0.2) is 0 Å². The van der Waals surface area contributed by atoms with Crippen molar-refractivity contribution in [2.75, 3.05) is 36.8 Å². The second-order valence-electron chi connectivity index (χ2n) is 8.07. The van der Waals surface area contributed by atoms with Gasteiger partial charge in [0.2, 0.25) is 0 Å². The molecule has 0 fully saturated rings. The van der Waals surface area contributed by atoms with Crippen LogP contribution in [0.2, 0.25) is 5.02 Å². The molecule has 4 N–H and O–H groups in total. The van der Waals surface area contributed by atoms with E-state index in [9.17, 15) is 9.59 Å². The van der Waals surface area contributed by atoms with Crippen molar-refractivity contribution >= 4 is 58.9 Å². The standard InChI is InChI=1S/C26H23ClN6O2.ClH/c27-22-10-5-18(25(34)32-19-6-1-16(2-7-19)23-28-11-12-29-23)15-21(22)26(35)33-20-8-3-17(4-9-20)24-30-13-14-31-24;/h1-10,15H,11-14H2,(H,28,29)(H,30,31)(H,32,34)(H,33,35);1H. The normalized spacial score (nSPS) is 14.0. The summed E-state index contributed by atoms with van der Waals surface area (Å²) >= 11 is 6.28. The minimum atomic E-state index is -0.400. The molecule has 0 atom stereocenters. The number of aliphatic imine (C=N–C) groups is 2. The fourth-order valence-electron chi connectivity index (χ4n) is 3.85. The number of anilines is 2. The van der Waals surface area contributed by atoms with Crippen LogP contribution in [0.3, 0.4) is 0 Å². The van der Waals surface area contributed by atoms with Crippen LogP contribution in [-0.4, -0.2) is 49.7 Å². The molecule has 5 rings (SSSR count). The summed E-state index contributed by atoms with van der Waals surface area (Å²) in [4.78, 5) is 34.5. The van der Waals surface area contributed by atoms with E-state index < -0.39 is 5.91 Å². The quantitative estimate of drug-likeness (QED) is 0.392. The Morgan fingerprint density at radius 2 is 1.22 bits per heavy atom. The maximum Gasteiger partial charge on any atom is 0.257 e. The number of amides is 2. The number of hydrogen-bond donors (Lipinski definition) is 4. The Kier molecular flexibility index (Phi) is 7.87. The van der Waals surface area contributed by atoms with E-state index in [0.29, 0.717) is 16.9 Å². The van der Waals surface area contributed by atoms with E-state index in [0.717, 1.165) is 49.0 Å². The number of hydrogen-bond acceptors (Lipinski definition) is 6. The summed E-state index contributed by atoms with van der Waals surface area (Å²) in [5.41, 5.74) is 3.71. The predicted molar refractivity (Wildman–Crippen MR) is 146 cm³/mol. The first-order chi connectivity index (χ1) is 17.1. The van der Waals surface area contributed by atoms with Gasteiger partial charge in [-0.2, -0.15) is 0 Å². The van der Waals surface area contributed by atoms with Gasteiger partial charge in [0.25, 0.3) is 11.8 Å². The monoisotopic (exact) mass is 522 g/mol. The van der Waals surface area contributed by atoms with Crippen molar-refractivity contribution in [3.8, 4) is 0 Å². The Morgan fingerprint density at radius 1 is 0.722 bits per heavy atom. The lowest BCUT2D eigenvalue weighted by atomic mass is 10.1. The van der Waals surface area contributed by atoms with Crippen molar-refractivity contribution in [1.82, 2.24) is 10.6 Å². The van der Waals surface area contributed by atoms with E-state index >= 15 is 0 Å². The summed E-state index contributed by atoms with van der Waals surface area (Å²) < 4.78 is 0. The summed E-state index contributed by atoms with van der Waals surface area (Å²) in [6, 6.07) is 19.4. The molecule has 10 heteroatoms. The zero-order valence-corrected chi connectivity index (χ0v) is 20.7. The number of nitrogens with one attached hydrogen (secondary N) is 4. The molecule has 184 valence electrons. The molecule has 0 saturated heterocycles. The third kappa shape index (κ3) is 5.67. The van der Waals surface area contributed by atoms with Crippen LogP contribution in [0, 0.1) is 0 Å². The topological polar surface area (TPSA) is 107 Å². The van der Waals surface area contributed by atoms with E-state index in [-0.39, 0.29) is 28.9 Å². The highest BCUT2D eigenvalue weighted by Gasteiger charge is 2.16. The average molecular weight is 523 g/mol. The van der Waals surface area contributed by atoms with Gasteiger partial charge in [-0.1, -0.05) is 11.6 Å². The summed E-state index contributed by atoms with van der Waals surface area (Å²) in [6.45, 7) is 3.18. The molecule has 2 amide bonds. The van der Waals surface area contributed by atoms with E-state index in [1.807, 2.05) is 36.4 Å². The fourth-order valence-corrected chi connectivity index (χ4v) is 4.05. The molecular formula is C26H24Cl2N6O2. The van der Waals surface area contributed by atoms with Crippen LogP contribution in [0.1, 0.15) is 31.8 Å². The maximum absolute atomic E-state index is 12.9. The van der Waals surface area contributed by atoms with Gasteiger partial charge in [-0.15, -0.1) is 12.4 Å². The highest BCUT2D eigenvalue weighted by molar-refractivity contribution is 6.34. The largest absolute Gasteiger partial charge is 0.368 e. The van der Waals surface area contributed by atoms with Crippen molar-refractivity contribution in [2.24, 2.45) is 9.98 Å². The highest BCUT2D eigenvalue weighted by Crippen LogP contribution is 2.21. The van der Waals surface area contributed by atoms with Crippen molar-refractivity contribution in [3.63, 3.8) is 0 Å². The molecule has 0 radical (unpaired) electrons. The second-order valence-corrected chi connectivity index (χ2v) is 8.48. The number of carbonyl (C=O) groups is 2. The van der Waals surface area contributed by atoms with Crippen LogP contribution >= 0.6 is 24.0 Å². The zero-order chi connectivity index (χ0) is 24.2. The lowest BCUT2D eigenvalue weighted by molar-refractivity contribution is 0.102. The van der Waals surface area contributed by atoms with Crippen molar-refractivity contribution < 1.29 is 9.59 Å². The number of halogens is 2. The Labute approximate surface area is 219 Å². The molecule has 2 aliphatic rings. The predicted octanol–water partition coefficient (Wildman–Crippen LogP) is 3.97. The lowest BCUT2D eigenvalue weighted by Gasteiger charge is -2.11. The average Bonchev–Trinajstić information content (AvgIpc) is 3.60. The number of amidine groups is 2. The Bertz CT molecular complexity index is 1340. The summed E-state index contributed by atoms with van der Waals surface area (Å²) in [5.74, 6) is 0.968. The fraction of sp³-hybridized carbons (Fsp3) is 0.154. The van der Waals surface area contributed by atoms with Crippen LogP contribution in [0.15, 0.2) is 76.7 Å². The smallest absolute Gasteiger partial charge is 0.257 e. The second kappa shape index (κ2) is 11.2. The van der Waals surface area contributed by atoms with Gasteiger partial charge in [0.1, 0.15) is 11.7 Å². The lowest BCUT2D eigenvalue weighted by Crippen LogP contribution is -2.19. The highest BCUT2D eigenvalue weighted by atomic mass is 35.5. The minimum Gasteiger partial charge on any atom is -0.368 e. The van der Waals surface area contributed by atoms with Crippen molar-refractivity contribution in [1.29, 1.82) is 0 Å². The van der Waals surface area contributed by atoms with E-state index in [1.165, 1.54) is 6.07 Å². The van der Waals surface area contributed by atoms with Gasteiger partial charge in [-0.25, -0.2) is 0 Å². The van der Waals surface area contributed by atoms with Gasteiger partial charge < -0.3 is 21.3 Å². The summed E-state index contributed by atoms with van der Waals surface area (Å²) in [6.07, 6.45) is 0. The molecular weight excluding hydrogens is 499 g/mol. The number of rotatable bonds is 6. The molecule has 36 heavy (non-hydrogen) atoms. The Morgan fingerprint density at radius 3 is 1.69 bits per heavy atom. The maximum atomic E-state index is 12.9. The van der Waals surface area contributed by atoms with Crippen LogP contribution in [0.5, 0.6) is 0 Å². The molecule has 0 aromatic heterocycles. The molecule has 3 aromatic carbocycles. The van der Waals surface area contributed by atoms with Crippen LogP contribution in [-0.2, 0) is 0 Å². The molecule has 0 unspecified atom stereocenters. The Hall–Kier alpha value is -3.88. The first-order valence-electron chi connectivity index (χ1n) is 11.3. The first-order valence-corrected chi connectivity index (χ1v) is 11.6. The van der Waals surface area contributed by atoms with Crippen molar-refractivity contribution in [2.45, 2.75) is 0 Å². The van der Waals surface area contributed by atoms with Gasteiger partial charge in [0, 0.05) is 41.2 Å². The van der Waals surface area contributed by atoms with E-state index in [1.54, 1.807) is 24.3 Å². The van der Waals surface area contributed by atoms with Gasteiger partial charge in [-0.05, 0) is 66.7 Å². The summed E-state index contributed by atoms with van der Waals surface area (Å²) in [5, 5.41) is 12.4. The zero-order valence-electron chi connectivity index (χ0n) is 19.2.